The van der Waals surface area contributed by atoms with Crippen LogP contribution in [-0.4, -0.2) is 17.5 Å². The van der Waals surface area contributed by atoms with Crippen molar-refractivity contribution in [2.24, 2.45) is 0 Å². The quantitative estimate of drug-likeness (QED) is 0.913. The highest BCUT2D eigenvalue weighted by Crippen LogP contribution is 2.23. The van der Waals surface area contributed by atoms with Gasteiger partial charge in [-0.1, -0.05) is 19.9 Å². The molecule has 0 aliphatic carbocycles. The molecule has 0 saturated carbocycles. The first-order valence-corrected chi connectivity index (χ1v) is 6.99. The largest absolute Gasteiger partial charge is 0.484 e. The predicted octanol–water partition coefficient (Wildman–Crippen LogP) is 3.53. The highest BCUT2D eigenvalue weighted by atomic mass is 16.5. The first-order valence-electron chi connectivity index (χ1n) is 6.99. The van der Waals surface area contributed by atoms with Gasteiger partial charge in [0.15, 0.2) is 6.61 Å². The van der Waals surface area contributed by atoms with Gasteiger partial charge < -0.3 is 10.1 Å². The van der Waals surface area contributed by atoms with Crippen LogP contribution in [0.1, 0.15) is 30.9 Å². The molecule has 1 amide bonds. The Morgan fingerprint density at radius 2 is 2.14 bits per heavy atom. The monoisotopic (exact) mass is 284 g/mol. The molecule has 0 fully saturated rings. The van der Waals surface area contributed by atoms with Crippen LogP contribution in [0.5, 0.6) is 5.75 Å². The van der Waals surface area contributed by atoms with Crippen LogP contribution in [0, 0.1) is 6.92 Å². The average molecular weight is 284 g/mol. The van der Waals surface area contributed by atoms with Gasteiger partial charge >= 0.3 is 0 Å². The summed E-state index contributed by atoms with van der Waals surface area (Å²) in [4.78, 5) is 15.7. The lowest BCUT2D eigenvalue weighted by Crippen LogP contribution is -2.20. The molecule has 21 heavy (non-hydrogen) atoms. The number of amides is 1. The van der Waals surface area contributed by atoms with E-state index in [-0.39, 0.29) is 12.5 Å². The van der Waals surface area contributed by atoms with Crippen molar-refractivity contribution in [2.75, 3.05) is 11.9 Å². The number of benzene rings is 1. The summed E-state index contributed by atoms with van der Waals surface area (Å²) in [5.74, 6) is 0.986. The Kier molecular flexibility index (Phi) is 4.93. The zero-order chi connectivity index (χ0) is 15.2. The van der Waals surface area contributed by atoms with E-state index in [9.17, 15) is 4.79 Å². The van der Waals surface area contributed by atoms with Crippen molar-refractivity contribution in [1.29, 1.82) is 0 Å². The molecule has 0 aliphatic heterocycles. The third-order valence-electron chi connectivity index (χ3n) is 3.18. The van der Waals surface area contributed by atoms with Crippen LogP contribution in [0.3, 0.4) is 0 Å². The molecule has 0 radical (unpaired) electrons. The van der Waals surface area contributed by atoms with Crippen LogP contribution in [0.25, 0.3) is 0 Å². The lowest BCUT2D eigenvalue weighted by Gasteiger charge is -2.12. The van der Waals surface area contributed by atoms with Crippen molar-refractivity contribution >= 4 is 11.6 Å². The molecule has 0 atom stereocenters. The number of nitrogens with zero attached hydrogens (tertiary/aromatic N) is 1. The first-order chi connectivity index (χ1) is 10.1. The molecule has 110 valence electrons. The van der Waals surface area contributed by atoms with Gasteiger partial charge in [0.1, 0.15) is 5.75 Å². The Balaban J connectivity index is 1.91. The lowest BCUT2D eigenvalue weighted by molar-refractivity contribution is -0.118. The third-order valence-corrected chi connectivity index (χ3v) is 3.18. The summed E-state index contributed by atoms with van der Waals surface area (Å²) in [5.41, 5.74) is 3.13. The van der Waals surface area contributed by atoms with E-state index in [0.29, 0.717) is 17.4 Å². The number of ether oxygens (including phenoxy) is 1. The molecule has 2 rings (SSSR count). The number of anilines is 1. The summed E-state index contributed by atoms with van der Waals surface area (Å²) >= 11 is 0. The number of hydrogen-bond acceptors (Lipinski definition) is 3. The van der Waals surface area contributed by atoms with E-state index < -0.39 is 0 Å². The second kappa shape index (κ2) is 6.88. The van der Waals surface area contributed by atoms with Gasteiger partial charge in [-0.3, -0.25) is 9.78 Å². The number of rotatable bonds is 5. The number of nitrogens with one attached hydrogen (secondary N) is 1. The zero-order valence-corrected chi connectivity index (χ0v) is 12.6. The summed E-state index contributed by atoms with van der Waals surface area (Å²) in [7, 11) is 0. The molecular formula is C17H20N2O2. The first kappa shape index (κ1) is 15.0. The Morgan fingerprint density at radius 1 is 1.33 bits per heavy atom. The Bertz CT molecular complexity index is 609. The van der Waals surface area contributed by atoms with Crippen LogP contribution in [-0.2, 0) is 4.79 Å². The van der Waals surface area contributed by atoms with Crippen LogP contribution in [0.2, 0.25) is 0 Å². The molecule has 1 N–H and O–H groups in total. The van der Waals surface area contributed by atoms with Crippen molar-refractivity contribution in [2.45, 2.75) is 26.7 Å². The van der Waals surface area contributed by atoms with Crippen molar-refractivity contribution in [3.05, 3.63) is 53.9 Å². The second-order valence-corrected chi connectivity index (χ2v) is 5.25. The van der Waals surface area contributed by atoms with Crippen LogP contribution >= 0.6 is 0 Å². The Hall–Kier alpha value is -2.36. The van der Waals surface area contributed by atoms with Crippen molar-refractivity contribution < 1.29 is 9.53 Å². The maximum Gasteiger partial charge on any atom is 0.262 e. The number of carbonyl (C=O) groups is 1. The fourth-order valence-electron chi connectivity index (χ4n) is 2.17. The summed E-state index contributed by atoms with van der Waals surface area (Å²) in [6, 6.07) is 9.47. The Morgan fingerprint density at radius 3 is 2.76 bits per heavy atom. The number of aromatic nitrogens is 1. The molecule has 2 aromatic rings. The SMILES string of the molecule is Cc1cc(OCC(=O)Nc2cccnc2)ccc1C(C)C. The zero-order valence-electron chi connectivity index (χ0n) is 12.6. The second-order valence-electron chi connectivity index (χ2n) is 5.25. The number of aryl methyl sites for hydroxylation is 1. The van der Waals surface area contributed by atoms with Crippen molar-refractivity contribution in [3.8, 4) is 5.75 Å². The molecule has 0 bridgehead atoms. The van der Waals surface area contributed by atoms with Crippen molar-refractivity contribution in [3.63, 3.8) is 0 Å². The van der Waals surface area contributed by atoms with Crippen LogP contribution in [0.15, 0.2) is 42.7 Å². The Labute approximate surface area is 125 Å². The van der Waals surface area contributed by atoms with E-state index in [1.165, 1.54) is 11.1 Å². The molecule has 0 spiro atoms. The van der Waals surface area contributed by atoms with Gasteiger partial charge in [0.2, 0.25) is 0 Å². The van der Waals surface area contributed by atoms with Gasteiger partial charge in [0.05, 0.1) is 11.9 Å². The standard InChI is InChI=1S/C17H20N2O2/c1-12(2)16-7-6-15(9-13(16)3)21-11-17(20)19-14-5-4-8-18-10-14/h4-10,12H,11H2,1-3H3,(H,19,20). The van der Waals surface area contributed by atoms with E-state index in [1.807, 2.05) is 18.2 Å². The normalized spacial score (nSPS) is 10.5. The average Bonchev–Trinajstić information content (AvgIpc) is 2.46. The van der Waals surface area contributed by atoms with Gasteiger partial charge in [-0.15, -0.1) is 0 Å². The smallest absolute Gasteiger partial charge is 0.262 e. The molecule has 1 heterocycles. The van der Waals surface area contributed by atoms with E-state index >= 15 is 0 Å². The van der Waals surface area contributed by atoms with Crippen LogP contribution < -0.4 is 10.1 Å². The molecule has 0 unspecified atom stereocenters. The highest BCUT2D eigenvalue weighted by molar-refractivity contribution is 5.91. The fraction of sp³-hybridized carbons (Fsp3) is 0.294. The fourth-order valence-corrected chi connectivity index (χ4v) is 2.17. The van der Waals surface area contributed by atoms with Gasteiger partial charge in [-0.2, -0.15) is 0 Å². The number of hydrogen-bond donors (Lipinski definition) is 1. The summed E-state index contributed by atoms with van der Waals surface area (Å²) in [6.07, 6.45) is 3.25. The molecule has 1 aromatic heterocycles. The predicted molar refractivity (Wildman–Crippen MR) is 83.6 cm³/mol. The summed E-state index contributed by atoms with van der Waals surface area (Å²) in [6.45, 7) is 6.35. The van der Waals surface area contributed by atoms with E-state index in [1.54, 1.807) is 24.5 Å². The lowest BCUT2D eigenvalue weighted by atomic mass is 9.98. The van der Waals surface area contributed by atoms with Crippen molar-refractivity contribution in [1.82, 2.24) is 4.98 Å². The molecule has 4 heteroatoms. The number of pyridine rings is 1. The van der Waals surface area contributed by atoms with E-state index in [0.717, 1.165) is 0 Å². The van der Waals surface area contributed by atoms with E-state index in [2.05, 4.69) is 31.1 Å². The third kappa shape index (κ3) is 4.31. The summed E-state index contributed by atoms with van der Waals surface area (Å²) < 4.78 is 5.52. The minimum absolute atomic E-state index is 0.0185. The minimum Gasteiger partial charge on any atom is -0.484 e. The topological polar surface area (TPSA) is 51.2 Å². The molecular weight excluding hydrogens is 264 g/mol. The number of carbonyl (C=O) groups excluding carboxylic acids is 1. The molecule has 0 aliphatic rings. The highest BCUT2D eigenvalue weighted by Gasteiger charge is 2.07. The molecule has 0 saturated heterocycles. The van der Waals surface area contributed by atoms with Crippen LogP contribution in [0.4, 0.5) is 5.69 Å². The van der Waals surface area contributed by atoms with Gasteiger partial charge in [0.25, 0.3) is 5.91 Å². The van der Waals surface area contributed by atoms with Gasteiger partial charge in [0, 0.05) is 6.20 Å². The molecule has 4 nitrogen and oxygen atoms in total. The van der Waals surface area contributed by atoms with Gasteiger partial charge in [-0.25, -0.2) is 0 Å². The molecule has 1 aromatic carbocycles. The van der Waals surface area contributed by atoms with E-state index in [4.69, 9.17) is 4.74 Å². The maximum atomic E-state index is 11.8. The summed E-state index contributed by atoms with van der Waals surface area (Å²) in [5, 5.41) is 2.73. The minimum atomic E-state index is -0.200. The van der Waals surface area contributed by atoms with Gasteiger partial charge in [-0.05, 0) is 48.2 Å². The maximum absolute atomic E-state index is 11.8.